The number of ether oxygens (including phenoxy) is 3. The number of hydrogen-bond donors (Lipinski definition) is 2. The number of carbonyl (C=O) groups excluding carboxylic acids is 1. The quantitative estimate of drug-likeness (QED) is 0.489. The van der Waals surface area contributed by atoms with Gasteiger partial charge in [-0.25, -0.2) is 9.59 Å². The number of nitrogens with one attached hydrogen (secondary N) is 1. The topological polar surface area (TPSA) is 94.1 Å². The van der Waals surface area contributed by atoms with Crippen molar-refractivity contribution in [3.05, 3.63) is 29.3 Å². The van der Waals surface area contributed by atoms with Gasteiger partial charge in [0.25, 0.3) is 0 Å². The highest BCUT2D eigenvalue weighted by Gasteiger charge is 2.51. The minimum absolute atomic E-state index is 0.120. The Bertz CT molecular complexity index is 855. The third-order valence-electron chi connectivity index (χ3n) is 6.60. The van der Waals surface area contributed by atoms with Crippen LogP contribution in [-0.2, 0) is 26.1 Å². The largest absolute Gasteiger partial charge is 0.511 e. The van der Waals surface area contributed by atoms with Crippen LogP contribution in [0.3, 0.4) is 0 Å². The molecule has 7 nitrogen and oxygen atoms in total. The van der Waals surface area contributed by atoms with E-state index in [-0.39, 0.29) is 12.9 Å². The molecule has 2 N–H and O–H groups in total. The van der Waals surface area contributed by atoms with Crippen LogP contribution in [0.2, 0.25) is 0 Å². The highest BCUT2D eigenvalue weighted by atomic mass is 19.4. The number of piperidine rings is 1. The number of carbonyl (C=O) groups is 2. The summed E-state index contributed by atoms with van der Waals surface area (Å²) in [5.74, 6) is -1.24. The van der Waals surface area contributed by atoms with E-state index in [0.717, 1.165) is 24.6 Å². The van der Waals surface area contributed by atoms with Gasteiger partial charge >= 0.3 is 18.3 Å². The van der Waals surface area contributed by atoms with Gasteiger partial charge in [0.05, 0.1) is 6.10 Å². The molecule has 2 fully saturated rings. The van der Waals surface area contributed by atoms with Gasteiger partial charge in [-0.1, -0.05) is 18.9 Å². The molecule has 184 valence electrons. The number of hydrogen-bond acceptors (Lipinski definition) is 6. The number of carboxylic acids is 1. The van der Waals surface area contributed by atoms with Crippen LogP contribution in [0, 0.1) is 5.92 Å². The maximum atomic E-state index is 11.5. The predicted molar refractivity (Wildman–Crippen MR) is 112 cm³/mol. The maximum Gasteiger partial charge on any atom is 0.511 e. The molecule has 2 aliphatic carbocycles. The monoisotopic (exact) mass is 473 g/mol. The standard InChI is InChI=1S/C21H29NO4.C2HF3O2/c1-14(2)26-20(23)25-13-24-16-7-6-15-11-19-17-5-3-4-8-21(17,9-10-22-19)18(15)12-16;3-2(4,5)1(6)7/h6-7,12,14,17,19,22H,3-5,8-11,13H2,1-2H3;(H,6,7)/t17-,19-,21+;/m1./s1. The van der Waals surface area contributed by atoms with Crippen molar-refractivity contribution in [3.63, 3.8) is 0 Å². The molecule has 4 rings (SSSR count). The molecule has 0 amide bonds. The van der Waals surface area contributed by atoms with Crippen molar-refractivity contribution < 1.29 is 42.1 Å². The number of alkyl halides is 3. The molecular formula is C23H30F3NO6. The Kier molecular flexibility index (Phi) is 7.76. The van der Waals surface area contributed by atoms with Gasteiger partial charge in [0.15, 0.2) is 0 Å². The zero-order valence-corrected chi connectivity index (χ0v) is 18.7. The highest BCUT2D eigenvalue weighted by molar-refractivity contribution is 5.73. The zero-order chi connectivity index (χ0) is 24.2. The lowest BCUT2D eigenvalue weighted by Crippen LogP contribution is -2.59. The highest BCUT2D eigenvalue weighted by Crippen LogP contribution is 2.54. The first kappa shape index (κ1) is 25.1. The summed E-state index contributed by atoms with van der Waals surface area (Å²) in [6.07, 6.45) is 1.63. The smallest absolute Gasteiger partial charge is 0.475 e. The molecule has 1 saturated heterocycles. The lowest BCUT2D eigenvalue weighted by Gasteiger charge is -2.56. The van der Waals surface area contributed by atoms with E-state index in [1.165, 1.54) is 43.2 Å². The van der Waals surface area contributed by atoms with E-state index in [9.17, 15) is 18.0 Å². The van der Waals surface area contributed by atoms with Gasteiger partial charge in [-0.2, -0.15) is 13.2 Å². The molecule has 10 heteroatoms. The second kappa shape index (κ2) is 10.2. The number of halogens is 3. The predicted octanol–water partition coefficient (Wildman–Crippen LogP) is 4.56. The second-order valence-corrected chi connectivity index (χ2v) is 8.97. The van der Waals surface area contributed by atoms with Crippen LogP contribution in [-0.4, -0.2) is 48.9 Å². The molecule has 0 spiro atoms. The van der Waals surface area contributed by atoms with Crippen molar-refractivity contribution in [3.8, 4) is 5.75 Å². The number of fused-ring (bicyclic) bond motifs is 1. The third kappa shape index (κ3) is 5.90. The third-order valence-corrected chi connectivity index (χ3v) is 6.60. The lowest BCUT2D eigenvalue weighted by atomic mass is 9.53. The van der Waals surface area contributed by atoms with Crippen molar-refractivity contribution >= 4 is 12.1 Å². The number of rotatable bonds is 4. The molecule has 1 aromatic rings. The Morgan fingerprint density at radius 3 is 2.64 bits per heavy atom. The van der Waals surface area contributed by atoms with Crippen molar-refractivity contribution in [2.24, 2.45) is 5.92 Å². The Morgan fingerprint density at radius 2 is 1.97 bits per heavy atom. The minimum atomic E-state index is -5.08. The summed E-state index contributed by atoms with van der Waals surface area (Å²) in [6, 6.07) is 7.01. The Balaban J connectivity index is 0.000000383. The fourth-order valence-electron chi connectivity index (χ4n) is 5.37. The summed E-state index contributed by atoms with van der Waals surface area (Å²) in [4.78, 5) is 20.4. The second-order valence-electron chi connectivity index (χ2n) is 8.97. The van der Waals surface area contributed by atoms with E-state index in [1.807, 2.05) is 6.07 Å². The molecule has 0 aromatic heterocycles. The number of aliphatic carboxylic acids is 1. The molecule has 2 bridgehead atoms. The van der Waals surface area contributed by atoms with Gasteiger partial charge in [0.2, 0.25) is 6.79 Å². The van der Waals surface area contributed by atoms with E-state index < -0.39 is 18.3 Å². The summed E-state index contributed by atoms with van der Waals surface area (Å²) in [6.45, 7) is 4.57. The molecule has 1 aromatic carbocycles. The molecule has 33 heavy (non-hydrogen) atoms. The average Bonchev–Trinajstić information content (AvgIpc) is 2.73. The van der Waals surface area contributed by atoms with E-state index >= 15 is 0 Å². The van der Waals surface area contributed by atoms with Gasteiger partial charge in [0, 0.05) is 11.5 Å². The lowest BCUT2D eigenvalue weighted by molar-refractivity contribution is -0.192. The summed E-state index contributed by atoms with van der Waals surface area (Å²) < 4.78 is 47.4. The summed E-state index contributed by atoms with van der Waals surface area (Å²) >= 11 is 0. The molecule has 1 heterocycles. The fraction of sp³-hybridized carbons (Fsp3) is 0.652. The molecule has 0 unspecified atom stereocenters. The normalized spacial score (nSPS) is 25.6. The Morgan fingerprint density at radius 1 is 1.24 bits per heavy atom. The van der Waals surface area contributed by atoms with E-state index in [0.29, 0.717) is 11.5 Å². The van der Waals surface area contributed by atoms with E-state index in [2.05, 4.69) is 17.4 Å². The van der Waals surface area contributed by atoms with Gasteiger partial charge in [0.1, 0.15) is 5.75 Å². The summed E-state index contributed by atoms with van der Waals surface area (Å²) in [7, 11) is 0. The molecule has 3 atom stereocenters. The fourth-order valence-corrected chi connectivity index (χ4v) is 5.37. The Labute approximate surface area is 190 Å². The minimum Gasteiger partial charge on any atom is -0.475 e. The van der Waals surface area contributed by atoms with Gasteiger partial charge < -0.3 is 24.6 Å². The molecule has 1 saturated carbocycles. The van der Waals surface area contributed by atoms with Crippen LogP contribution in [0.25, 0.3) is 0 Å². The van der Waals surface area contributed by atoms with Crippen LogP contribution >= 0.6 is 0 Å². The molecule has 0 radical (unpaired) electrons. The first-order chi connectivity index (χ1) is 15.5. The molecule has 3 aliphatic rings. The number of carboxylic acid groups (broad SMARTS) is 1. The summed E-state index contributed by atoms with van der Waals surface area (Å²) in [5.41, 5.74) is 3.23. The van der Waals surface area contributed by atoms with Crippen LogP contribution in [0.4, 0.5) is 18.0 Å². The van der Waals surface area contributed by atoms with Gasteiger partial charge in [-0.3, -0.25) is 0 Å². The Hall–Kier alpha value is -2.49. The SMILES string of the molecule is CC(C)OC(=O)OCOc1ccc2c(c1)[C@]13CCCC[C@@H]1[C@@H](C2)NCC3.O=C(O)C(F)(F)F. The zero-order valence-electron chi connectivity index (χ0n) is 18.7. The maximum absolute atomic E-state index is 11.5. The van der Waals surface area contributed by atoms with Crippen LogP contribution < -0.4 is 10.1 Å². The number of benzene rings is 1. The first-order valence-corrected chi connectivity index (χ1v) is 11.2. The first-order valence-electron chi connectivity index (χ1n) is 11.2. The van der Waals surface area contributed by atoms with Crippen LogP contribution in [0.1, 0.15) is 57.1 Å². The molecular weight excluding hydrogens is 443 g/mol. The van der Waals surface area contributed by atoms with Crippen LogP contribution in [0.5, 0.6) is 5.75 Å². The van der Waals surface area contributed by atoms with Crippen molar-refractivity contribution in [1.29, 1.82) is 0 Å². The van der Waals surface area contributed by atoms with Crippen molar-refractivity contribution in [2.45, 2.75) is 76.1 Å². The molecule has 1 aliphatic heterocycles. The van der Waals surface area contributed by atoms with Crippen molar-refractivity contribution in [1.82, 2.24) is 5.32 Å². The van der Waals surface area contributed by atoms with E-state index in [4.69, 9.17) is 24.1 Å². The van der Waals surface area contributed by atoms with Gasteiger partial charge in [-0.15, -0.1) is 0 Å². The average molecular weight is 473 g/mol. The van der Waals surface area contributed by atoms with Gasteiger partial charge in [-0.05, 0) is 75.3 Å². The van der Waals surface area contributed by atoms with E-state index in [1.54, 1.807) is 13.8 Å². The van der Waals surface area contributed by atoms with Crippen molar-refractivity contribution in [2.75, 3.05) is 13.3 Å². The summed E-state index contributed by atoms with van der Waals surface area (Å²) in [5, 5.41) is 10.9. The van der Waals surface area contributed by atoms with Crippen LogP contribution in [0.15, 0.2) is 18.2 Å².